The quantitative estimate of drug-likeness (QED) is 0.463. The van der Waals surface area contributed by atoms with E-state index in [1.807, 2.05) is 29.2 Å². The molecule has 3 aromatic rings. The Balaban J connectivity index is 1.62. The maximum absolute atomic E-state index is 13.4. The van der Waals surface area contributed by atoms with Crippen LogP contribution in [-0.4, -0.2) is 42.7 Å². The van der Waals surface area contributed by atoms with Crippen molar-refractivity contribution >= 4 is 29.3 Å². The monoisotopic (exact) mass is 462 g/mol. The van der Waals surface area contributed by atoms with Gasteiger partial charge in [-0.3, -0.25) is 14.0 Å². The molecular formula is C21H24ClFN6OS. The van der Waals surface area contributed by atoms with E-state index in [4.69, 9.17) is 11.6 Å². The molecule has 0 aliphatic rings. The number of halogens is 2. The number of carbonyl (C=O) groups excluding carboxylic acids is 1. The molecular weight excluding hydrogens is 439 g/mol. The molecule has 0 saturated heterocycles. The zero-order valence-corrected chi connectivity index (χ0v) is 19.0. The van der Waals surface area contributed by atoms with Crippen LogP contribution in [0.25, 0.3) is 5.69 Å². The van der Waals surface area contributed by atoms with Gasteiger partial charge in [0.1, 0.15) is 11.6 Å². The minimum atomic E-state index is -0.323. The first kappa shape index (κ1) is 23.0. The van der Waals surface area contributed by atoms with Gasteiger partial charge in [-0.2, -0.15) is 5.10 Å². The van der Waals surface area contributed by atoms with Crippen LogP contribution >= 0.6 is 23.4 Å². The van der Waals surface area contributed by atoms with E-state index in [2.05, 4.69) is 27.2 Å². The highest BCUT2D eigenvalue weighted by atomic mass is 35.5. The van der Waals surface area contributed by atoms with E-state index in [0.29, 0.717) is 47.7 Å². The van der Waals surface area contributed by atoms with E-state index in [1.165, 1.54) is 23.9 Å². The molecule has 2 aromatic heterocycles. The Hall–Kier alpha value is -2.65. The smallest absolute Gasteiger partial charge is 0.221 e. The number of hydrogen-bond acceptors (Lipinski definition) is 5. The third-order valence-electron chi connectivity index (χ3n) is 4.47. The fourth-order valence-electron chi connectivity index (χ4n) is 3.06. The van der Waals surface area contributed by atoms with E-state index in [9.17, 15) is 9.18 Å². The van der Waals surface area contributed by atoms with Crippen molar-refractivity contribution in [2.45, 2.75) is 38.4 Å². The summed E-state index contributed by atoms with van der Waals surface area (Å²) in [4.78, 5) is 12.2. The maximum atomic E-state index is 13.4. The molecule has 2 heterocycles. The fraction of sp³-hybridized carbons (Fsp3) is 0.333. The SMILES string of the molecule is C=C(Cl)CSc1nnc(CCNC(=O)CCn2nc(C)cc2C)n1-c1ccc(F)cc1. The molecule has 164 valence electrons. The van der Waals surface area contributed by atoms with Gasteiger partial charge in [0.15, 0.2) is 5.16 Å². The van der Waals surface area contributed by atoms with Crippen LogP contribution in [0.2, 0.25) is 0 Å². The van der Waals surface area contributed by atoms with E-state index in [0.717, 1.165) is 17.1 Å². The molecule has 1 aromatic carbocycles. The van der Waals surface area contributed by atoms with Crippen molar-refractivity contribution in [2.75, 3.05) is 12.3 Å². The first-order valence-electron chi connectivity index (χ1n) is 9.77. The summed E-state index contributed by atoms with van der Waals surface area (Å²) >= 11 is 7.27. The third kappa shape index (κ3) is 6.41. The number of amides is 1. The molecule has 0 aliphatic heterocycles. The Kier molecular flexibility index (Phi) is 7.86. The third-order valence-corrected chi connectivity index (χ3v) is 5.78. The zero-order chi connectivity index (χ0) is 22.4. The Bertz CT molecular complexity index is 1060. The summed E-state index contributed by atoms with van der Waals surface area (Å²) in [6, 6.07) is 8.07. The van der Waals surface area contributed by atoms with Crippen molar-refractivity contribution in [3.8, 4) is 5.69 Å². The average molecular weight is 463 g/mol. The molecule has 0 radical (unpaired) electrons. The van der Waals surface area contributed by atoms with E-state index < -0.39 is 0 Å². The molecule has 31 heavy (non-hydrogen) atoms. The molecule has 0 saturated carbocycles. The van der Waals surface area contributed by atoms with E-state index in [1.54, 1.807) is 12.1 Å². The first-order valence-corrected chi connectivity index (χ1v) is 11.1. The second-order valence-corrected chi connectivity index (χ2v) is 8.49. The number of nitrogens with zero attached hydrogens (tertiary/aromatic N) is 5. The Morgan fingerprint density at radius 2 is 2.00 bits per heavy atom. The predicted octanol–water partition coefficient (Wildman–Crippen LogP) is 3.81. The molecule has 0 fully saturated rings. The van der Waals surface area contributed by atoms with Crippen LogP contribution in [0.3, 0.4) is 0 Å². The van der Waals surface area contributed by atoms with Crippen molar-refractivity contribution in [1.29, 1.82) is 0 Å². The second-order valence-electron chi connectivity index (χ2n) is 7.02. The van der Waals surface area contributed by atoms with Gasteiger partial charge in [-0.1, -0.05) is 29.9 Å². The molecule has 0 aliphatic carbocycles. The first-order chi connectivity index (χ1) is 14.8. The minimum absolute atomic E-state index is 0.0616. The van der Waals surface area contributed by atoms with Crippen LogP contribution in [0.4, 0.5) is 4.39 Å². The lowest BCUT2D eigenvalue weighted by Crippen LogP contribution is -2.27. The number of thioether (sulfide) groups is 1. The standard InChI is InChI=1S/C21H24ClFN6OS/c1-14(22)13-31-21-26-25-19(29(21)18-6-4-17(23)5-7-18)8-10-24-20(30)9-11-28-16(3)12-15(2)27-28/h4-7,12H,1,8-11,13H2,2-3H3,(H,24,30). The maximum Gasteiger partial charge on any atom is 0.221 e. The molecule has 7 nitrogen and oxygen atoms in total. The van der Waals surface area contributed by atoms with Gasteiger partial charge >= 0.3 is 0 Å². The summed E-state index contributed by atoms with van der Waals surface area (Å²) in [5.74, 6) is 0.752. The second kappa shape index (κ2) is 10.6. The van der Waals surface area contributed by atoms with Crippen LogP contribution in [0.1, 0.15) is 23.6 Å². The summed E-state index contributed by atoms with van der Waals surface area (Å²) in [6.45, 7) is 8.52. The summed E-state index contributed by atoms with van der Waals surface area (Å²) in [6.07, 6.45) is 0.809. The van der Waals surface area contributed by atoms with Crippen LogP contribution in [0.15, 0.2) is 47.1 Å². The van der Waals surface area contributed by atoms with E-state index >= 15 is 0 Å². The van der Waals surface area contributed by atoms with Crippen LogP contribution < -0.4 is 5.32 Å². The summed E-state index contributed by atoms with van der Waals surface area (Å²) < 4.78 is 17.0. The van der Waals surface area contributed by atoms with Gasteiger partial charge in [-0.05, 0) is 44.2 Å². The van der Waals surface area contributed by atoms with Crippen molar-refractivity contribution in [2.24, 2.45) is 0 Å². The lowest BCUT2D eigenvalue weighted by Gasteiger charge is -2.11. The highest BCUT2D eigenvalue weighted by Gasteiger charge is 2.15. The Morgan fingerprint density at radius 3 is 2.65 bits per heavy atom. The lowest BCUT2D eigenvalue weighted by atomic mass is 10.3. The normalized spacial score (nSPS) is 11.0. The highest BCUT2D eigenvalue weighted by molar-refractivity contribution is 7.99. The van der Waals surface area contributed by atoms with Crippen LogP contribution in [-0.2, 0) is 17.8 Å². The summed E-state index contributed by atoms with van der Waals surface area (Å²) in [5.41, 5.74) is 2.70. The van der Waals surface area contributed by atoms with Gasteiger partial charge in [-0.15, -0.1) is 10.2 Å². The fourth-order valence-corrected chi connectivity index (χ4v) is 3.95. The van der Waals surface area contributed by atoms with Crippen molar-refractivity contribution < 1.29 is 9.18 Å². The summed E-state index contributed by atoms with van der Waals surface area (Å²) in [7, 11) is 0. The number of aromatic nitrogens is 5. The highest BCUT2D eigenvalue weighted by Crippen LogP contribution is 2.24. The molecule has 0 spiro atoms. The van der Waals surface area contributed by atoms with Crippen LogP contribution in [0.5, 0.6) is 0 Å². The number of rotatable bonds is 10. The number of benzene rings is 1. The largest absolute Gasteiger partial charge is 0.356 e. The van der Waals surface area contributed by atoms with Crippen molar-refractivity contribution in [1.82, 2.24) is 29.9 Å². The van der Waals surface area contributed by atoms with Gasteiger partial charge in [0, 0.05) is 48.1 Å². The lowest BCUT2D eigenvalue weighted by molar-refractivity contribution is -0.121. The average Bonchev–Trinajstić information content (AvgIpc) is 3.27. The van der Waals surface area contributed by atoms with Gasteiger partial charge in [0.05, 0.1) is 5.69 Å². The van der Waals surface area contributed by atoms with Crippen molar-refractivity contribution in [3.63, 3.8) is 0 Å². The zero-order valence-electron chi connectivity index (χ0n) is 17.4. The summed E-state index contributed by atoms with van der Waals surface area (Å²) in [5, 5.41) is 16.9. The Labute approximate surface area is 189 Å². The minimum Gasteiger partial charge on any atom is -0.356 e. The van der Waals surface area contributed by atoms with Gasteiger partial charge in [-0.25, -0.2) is 4.39 Å². The molecule has 3 rings (SSSR count). The number of carbonyl (C=O) groups is 1. The van der Waals surface area contributed by atoms with E-state index in [-0.39, 0.29) is 11.7 Å². The van der Waals surface area contributed by atoms with Gasteiger partial charge < -0.3 is 5.32 Å². The van der Waals surface area contributed by atoms with Gasteiger partial charge in [0.25, 0.3) is 0 Å². The number of hydrogen-bond donors (Lipinski definition) is 1. The Morgan fingerprint density at radius 1 is 1.26 bits per heavy atom. The topological polar surface area (TPSA) is 77.6 Å². The van der Waals surface area contributed by atoms with Crippen LogP contribution in [0, 0.1) is 19.7 Å². The number of aryl methyl sites for hydroxylation is 3. The molecule has 0 atom stereocenters. The predicted molar refractivity (Wildman–Crippen MR) is 120 cm³/mol. The molecule has 1 N–H and O–H groups in total. The molecule has 1 amide bonds. The van der Waals surface area contributed by atoms with Gasteiger partial charge in [0.2, 0.25) is 5.91 Å². The van der Waals surface area contributed by atoms with Crippen molar-refractivity contribution in [3.05, 3.63) is 65.0 Å². The molecule has 10 heteroatoms. The molecule has 0 unspecified atom stereocenters. The number of nitrogens with one attached hydrogen (secondary N) is 1. The molecule has 0 bridgehead atoms.